The number of hydrogen-bond donors (Lipinski definition) is 1. The van der Waals surface area contributed by atoms with Crippen molar-refractivity contribution in [3.63, 3.8) is 0 Å². The molecule has 1 aliphatic rings. The first-order valence-corrected chi connectivity index (χ1v) is 6.63. The Morgan fingerprint density at radius 3 is 2.57 bits per heavy atom. The number of halogens is 2. The molecule has 0 saturated carbocycles. The smallest absolute Gasteiger partial charge is 0.335 e. The number of carbonyl (C=O) groups excluding carboxylic acids is 1. The fraction of sp³-hybridized carbons (Fsp3) is 0.533. The molecule has 0 radical (unpaired) electrons. The van der Waals surface area contributed by atoms with E-state index in [1.807, 2.05) is 6.92 Å². The number of hydrogen-bond acceptors (Lipinski definition) is 4. The summed E-state index contributed by atoms with van der Waals surface area (Å²) in [5.74, 6) is -4.70. The zero-order valence-electron chi connectivity index (χ0n) is 12.3. The molecule has 0 unspecified atom stereocenters. The molecule has 1 aromatic carbocycles. The molecule has 1 fully saturated rings. The van der Waals surface area contributed by atoms with E-state index in [-0.39, 0.29) is 11.5 Å². The van der Waals surface area contributed by atoms with Gasteiger partial charge in [0.25, 0.3) is 0 Å². The molecule has 1 saturated heterocycles. The lowest BCUT2D eigenvalue weighted by molar-refractivity contribution is -0.157. The lowest BCUT2D eigenvalue weighted by Crippen LogP contribution is -2.29. The van der Waals surface area contributed by atoms with E-state index in [4.69, 9.17) is 9.47 Å². The summed E-state index contributed by atoms with van der Waals surface area (Å²) in [4.78, 5) is 11.9. The SMILES string of the molecule is COC(=O)[C@H]1OC(C)(C)[C@@H](C)[C@H]1c1ccc(F)c(F)c1O. The number of aromatic hydroxyl groups is 1. The summed E-state index contributed by atoms with van der Waals surface area (Å²) in [6.45, 7) is 5.42. The van der Waals surface area contributed by atoms with Crippen LogP contribution in [0, 0.1) is 17.6 Å². The van der Waals surface area contributed by atoms with Crippen LogP contribution in [0.15, 0.2) is 12.1 Å². The van der Waals surface area contributed by atoms with Crippen LogP contribution in [0.1, 0.15) is 32.3 Å². The molecule has 0 aromatic heterocycles. The van der Waals surface area contributed by atoms with Gasteiger partial charge in [0, 0.05) is 11.5 Å². The number of benzene rings is 1. The Morgan fingerprint density at radius 1 is 1.38 bits per heavy atom. The predicted octanol–water partition coefficient (Wildman–Crippen LogP) is 2.74. The highest BCUT2D eigenvalue weighted by Crippen LogP contribution is 2.48. The van der Waals surface area contributed by atoms with Crippen molar-refractivity contribution in [1.29, 1.82) is 0 Å². The van der Waals surface area contributed by atoms with Gasteiger partial charge >= 0.3 is 5.97 Å². The van der Waals surface area contributed by atoms with Gasteiger partial charge in [0.2, 0.25) is 5.82 Å². The largest absolute Gasteiger partial charge is 0.505 e. The number of rotatable bonds is 2. The minimum absolute atomic E-state index is 0.141. The van der Waals surface area contributed by atoms with E-state index in [1.54, 1.807) is 13.8 Å². The topological polar surface area (TPSA) is 55.8 Å². The van der Waals surface area contributed by atoms with Crippen LogP contribution in [0.5, 0.6) is 5.75 Å². The van der Waals surface area contributed by atoms with E-state index in [2.05, 4.69) is 0 Å². The molecule has 1 aliphatic heterocycles. The highest BCUT2D eigenvalue weighted by molar-refractivity contribution is 5.77. The summed E-state index contributed by atoms with van der Waals surface area (Å²) in [6.07, 6.45) is -0.976. The third-order valence-electron chi connectivity index (χ3n) is 4.28. The Balaban J connectivity index is 2.53. The molecular weight excluding hydrogens is 282 g/mol. The average Bonchev–Trinajstić information content (AvgIpc) is 2.67. The number of phenols is 1. The molecule has 0 bridgehead atoms. The first-order valence-electron chi connectivity index (χ1n) is 6.63. The number of methoxy groups -OCH3 is 1. The van der Waals surface area contributed by atoms with Gasteiger partial charge in [-0.3, -0.25) is 0 Å². The number of phenolic OH excluding ortho intramolecular Hbond substituents is 1. The second kappa shape index (κ2) is 5.26. The van der Waals surface area contributed by atoms with Crippen molar-refractivity contribution in [2.75, 3.05) is 7.11 Å². The van der Waals surface area contributed by atoms with Crippen LogP contribution in [0.25, 0.3) is 0 Å². The number of esters is 1. The van der Waals surface area contributed by atoms with E-state index >= 15 is 0 Å². The van der Waals surface area contributed by atoms with Crippen molar-refractivity contribution in [3.8, 4) is 5.75 Å². The quantitative estimate of drug-likeness (QED) is 0.853. The van der Waals surface area contributed by atoms with Gasteiger partial charge in [-0.05, 0) is 25.8 Å². The van der Waals surface area contributed by atoms with Gasteiger partial charge in [0.05, 0.1) is 12.7 Å². The van der Waals surface area contributed by atoms with Crippen LogP contribution in [-0.2, 0) is 14.3 Å². The van der Waals surface area contributed by atoms with Crippen LogP contribution in [0.3, 0.4) is 0 Å². The van der Waals surface area contributed by atoms with Gasteiger partial charge in [0.15, 0.2) is 17.7 Å². The summed E-state index contributed by atoms with van der Waals surface area (Å²) in [7, 11) is 1.23. The maximum atomic E-state index is 13.6. The highest BCUT2D eigenvalue weighted by atomic mass is 19.2. The molecule has 21 heavy (non-hydrogen) atoms. The van der Waals surface area contributed by atoms with Crippen molar-refractivity contribution < 1.29 is 28.2 Å². The lowest BCUT2D eigenvalue weighted by atomic mass is 9.78. The summed E-state index contributed by atoms with van der Waals surface area (Å²) in [5.41, 5.74) is -0.525. The van der Waals surface area contributed by atoms with Crippen LogP contribution in [0.4, 0.5) is 8.78 Å². The summed E-state index contributed by atoms with van der Waals surface area (Å²) in [6, 6.07) is 2.20. The van der Waals surface area contributed by atoms with Crippen LogP contribution >= 0.6 is 0 Å². The molecule has 1 aromatic rings. The Morgan fingerprint density at radius 2 is 2.00 bits per heavy atom. The van der Waals surface area contributed by atoms with Crippen LogP contribution in [-0.4, -0.2) is 29.9 Å². The van der Waals surface area contributed by atoms with Crippen LogP contribution in [0.2, 0.25) is 0 Å². The maximum Gasteiger partial charge on any atom is 0.335 e. The van der Waals surface area contributed by atoms with Crippen LogP contribution < -0.4 is 0 Å². The Labute approximate surface area is 121 Å². The van der Waals surface area contributed by atoms with E-state index < -0.39 is 41.0 Å². The number of carbonyl (C=O) groups is 1. The highest BCUT2D eigenvalue weighted by Gasteiger charge is 2.52. The molecule has 116 valence electrons. The predicted molar refractivity (Wildman–Crippen MR) is 70.9 cm³/mol. The Hall–Kier alpha value is -1.69. The number of ether oxygens (including phenoxy) is 2. The van der Waals surface area contributed by atoms with Crippen molar-refractivity contribution >= 4 is 5.97 Å². The average molecular weight is 300 g/mol. The summed E-state index contributed by atoms with van der Waals surface area (Å²) in [5, 5.41) is 9.88. The fourth-order valence-corrected chi connectivity index (χ4v) is 2.77. The minimum Gasteiger partial charge on any atom is -0.505 e. The van der Waals surface area contributed by atoms with E-state index in [1.165, 1.54) is 13.2 Å². The summed E-state index contributed by atoms with van der Waals surface area (Å²) >= 11 is 0. The van der Waals surface area contributed by atoms with Crippen molar-refractivity contribution in [2.45, 2.75) is 38.4 Å². The van der Waals surface area contributed by atoms with Crippen molar-refractivity contribution in [2.24, 2.45) is 5.92 Å². The molecule has 6 heteroatoms. The lowest BCUT2D eigenvalue weighted by Gasteiger charge is -2.25. The van der Waals surface area contributed by atoms with Crippen molar-refractivity contribution in [3.05, 3.63) is 29.3 Å². The Bertz CT molecular complexity index is 571. The van der Waals surface area contributed by atoms with E-state index in [0.717, 1.165) is 6.07 Å². The van der Waals surface area contributed by atoms with Gasteiger partial charge in [-0.1, -0.05) is 13.0 Å². The molecular formula is C15H18F2O4. The van der Waals surface area contributed by atoms with Crippen molar-refractivity contribution in [1.82, 2.24) is 0 Å². The minimum atomic E-state index is -1.33. The normalized spacial score (nSPS) is 27.6. The Kier molecular flexibility index (Phi) is 3.93. The molecule has 0 aliphatic carbocycles. The second-order valence-electron chi connectivity index (χ2n) is 5.78. The van der Waals surface area contributed by atoms with Gasteiger partial charge < -0.3 is 14.6 Å². The standard InChI is InChI=1S/C15H18F2O4/c1-7-10(8-5-6-9(16)11(17)12(8)18)13(14(19)20-4)21-15(7,2)3/h5-7,10,13,18H,1-4H3/t7-,10-,13-/m0/s1. The third kappa shape index (κ3) is 2.48. The monoisotopic (exact) mass is 300 g/mol. The first kappa shape index (κ1) is 15.7. The van der Waals surface area contributed by atoms with Gasteiger partial charge in [-0.2, -0.15) is 4.39 Å². The fourth-order valence-electron chi connectivity index (χ4n) is 2.77. The molecule has 4 nitrogen and oxygen atoms in total. The third-order valence-corrected chi connectivity index (χ3v) is 4.28. The molecule has 0 spiro atoms. The molecule has 0 amide bonds. The molecule has 3 atom stereocenters. The maximum absolute atomic E-state index is 13.6. The van der Waals surface area contributed by atoms with E-state index in [9.17, 15) is 18.7 Å². The zero-order chi connectivity index (χ0) is 15.9. The summed E-state index contributed by atoms with van der Waals surface area (Å²) < 4.78 is 37.2. The van der Waals surface area contributed by atoms with Gasteiger partial charge in [0.1, 0.15) is 0 Å². The van der Waals surface area contributed by atoms with Gasteiger partial charge in [-0.25, -0.2) is 9.18 Å². The molecule has 2 rings (SSSR count). The zero-order valence-corrected chi connectivity index (χ0v) is 12.3. The molecule has 1 heterocycles. The van der Waals surface area contributed by atoms with E-state index in [0.29, 0.717) is 0 Å². The first-order chi connectivity index (χ1) is 9.70. The van der Waals surface area contributed by atoms with Gasteiger partial charge in [-0.15, -0.1) is 0 Å². The molecule has 1 N–H and O–H groups in total. The second-order valence-corrected chi connectivity index (χ2v) is 5.78.